The number of hydrogen-bond donors (Lipinski definition) is 1. The van der Waals surface area contributed by atoms with E-state index in [9.17, 15) is 9.90 Å². The number of carbonyl (C=O) groups is 1. The first kappa shape index (κ1) is 14.2. The fraction of sp³-hybridized carbons (Fsp3) is 0.312. The van der Waals surface area contributed by atoms with Crippen LogP contribution in [0.25, 0.3) is 6.08 Å². The lowest BCUT2D eigenvalue weighted by atomic mass is 9.86. The van der Waals surface area contributed by atoms with Crippen LogP contribution in [0.15, 0.2) is 35.9 Å². The number of rotatable bonds is 3. The number of aliphatic carboxylic acids is 1. The minimum absolute atomic E-state index is 0.246. The van der Waals surface area contributed by atoms with Gasteiger partial charge in [0.05, 0.1) is 0 Å². The largest absolute Gasteiger partial charge is 0.478 e. The summed E-state index contributed by atoms with van der Waals surface area (Å²) in [6.07, 6.45) is 5.22. The zero-order chi connectivity index (χ0) is 14.8. The van der Waals surface area contributed by atoms with Gasteiger partial charge < -0.3 is 14.6 Å². The maximum absolute atomic E-state index is 11.2. The van der Waals surface area contributed by atoms with Crippen molar-refractivity contribution in [3.05, 3.63) is 41.5 Å². The van der Waals surface area contributed by atoms with E-state index in [1.807, 2.05) is 45.0 Å². The minimum Gasteiger partial charge on any atom is -0.478 e. The Bertz CT molecular complexity index is 577. The average molecular weight is 274 g/mol. The van der Waals surface area contributed by atoms with Gasteiger partial charge in [-0.25, -0.2) is 4.79 Å². The molecule has 1 N–H and O–H groups in total. The number of carboxylic acid groups (broad SMARTS) is 1. The predicted molar refractivity (Wildman–Crippen MR) is 76.8 cm³/mol. The molecule has 0 amide bonds. The van der Waals surface area contributed by atoms with Crippen LogP contribution in [0.4, 0.5) is 0 Å². The van der Waals surface area contributed by atoms with Crippen molar-refractivity contribution in [3.63, 3.8) is 0 Å². The van der Waals surface area contributed by atoms with Gasteiger partial charge in [0.15, 0.2) is 11.5 Å². The summed E-state index contributed by atoms with van der Waals surface area (Å²) in [5.74, 6) is 0.553. The van der Waals surface area contributed by atoms with Gasteiger partial charge in [-0.1, -0.05) is 45.1 Å². The Morgan fingerprint density at radius 1 is 1.25 bits per heavy atom. The van der Waals surface area contributed by atoms with Crippen LogP contribution in [0.1, 0.15) is 26.3 Å². The highest BCUT2D eigenvalue weighted by Crippen LogP contribution is 2.33. The van der Waals surface area contributed by atoms with Gasteiger partial charge in [0, 0.05) is 5.57 Å². The van der Waals surface area contributed by atoms with Crippen molar-refractivity contribution in [2.24, 2.45) is 5.41 Å². The van der Waals surface area contributed by atoms with Crippen LogP contribution in [-0.4, -0.2) is 17.9 Å². The predicted octanol–water partition coefficient (Wildman–Crippen LogP) is 3.49. The van der Waals surface area contributed by atoms with E-state index in [0.29, 0.717) is 11.3 Å². The number of ether oxygens (including phenoxy) is 2. The summed E-state index contributed by atoms with van der Waals surface area (Å²) in [5.41, 5.74) is 0.907. The Morgan fingerprint density at radius 2 is 1.95 bits per heavy atom. The number of allylic oxidation sites excluding steroid dienone is 2. The van der Waals surface area contributed by atoms with E-state index in [1.165, 1.54) is 0 Å². The SMILES string of the molecule is CC(C)(C)/C(=C\C=C\c1ccc2c(c1)OCO2)C(=O)O. The molecule has 0 atom stereocenters. The van der Waals surface area contributed by atoms with Crippen LogP contribution < -0.4 is 9.47 Å². The van der Waals surface area contributed by atoms with Crippen molar-refractivity contribution in [1.29, 1.82) is 0 Å². The maximum atomic E-state index is 11.2. The summed E-state index contributed by atoms with van der Waals surface area (Å²) in [4.78, 5) is 11.2. The molecule has 0 bridgehead atoms. The van der Waals surface area contributed by atoms with Crippen molar-refractivity contribution in [2.45, 2.75) is 20.8 Å². The van der Waals surface area contributed by atoms with Crippen LogP contribution in [-0.2, 0) is 4.79 Å². The van der Waals surface area contributed by atoms with Crippen molar-refractivity contribution < 1.29 is 19.4 Å². The molecular formula is C16H18O4. The second kappa shape index (κ2) is 5.41. The minimum atomic E-state index is -0.896. The molecule has 106 valence electrons. The Morgan fingerprint density at radius 3 is 2.60 bits per heavy atom. The van der Waals surface area contributed by atoms with Crippen LogP contribution in [0, 0.1) is 5.41 Å². The fourth-order valence-electron chi connectivity index (χ4n) is 1.91. The number of carboxylic acids is 1. The third kappa shape index (κ3) is 3.20. The first-order chi connectivity index (χ1) is 9.38. The summed E-state index contributed by atoms with van der Waals surface area (Å²) in [7, 11) is 0. The molecule has 2 rings (SSSR count). The lowest BCUT2D eigenvalue weighted by Crippen LogP contribution is -2.17. The zero-order valence-electron chi connectivity index (χ0n) is 11.8. The normalized spacial score (nSPS) is 14.8. The molecule has 0 unspecified atom stereocenters. The van der Waals surface area contributed by atoms with Crippen LogP contribution in [0.3, 0.4) is 0 Å². The molecule has 0 radical (unpaired) electrons. The van der Waals surface area contributed by atoms with Crippen molar-refractivity contribution in [1.82, 2.24) is 0 Å². The first-order valence-corrected chi connectivity index (χ1v) is 6.40. The fourth-order valence-corrected chi connectivity index (χ4v) is 1.91. The lowest BCUT2D eigenvalue weighted by molar-refractivity contribution is -0.133. The second-order valence-electron chi connectivity index (χ2n) is 5.61. The van der Waals surface area contributed by atoms with Gasteiger partial charge >= 0.3 is 5.97 Å². The standard InChI is InChI=1S/C16H18O4/c1-16(2,3)12(15(17)18)6-4-5-11-7-8-13-14(9-11)20-10-19-13/h4-9H,10H2,1-3H3,(H,17,18)/b5-4+,12-6-. The topological polar surface area (TPSA) is 55.8 Å². The second-order valence-corrected chi connectivity index (χ2v) is 5.61. The summed E-state index contributed by atoms with van der Waals surface area (Å²) in [6.45, 7) is 5.87. The highest BCUT2D eigenvalue weighted by Gasteiger charge is 2.22. The Balaban J connectivity index is 2.18. The molecule has 0 fully saturated rings. The van der Waals surface area contributed by atoms with Gasteiger partial charge in [0.1, 0.15) is 0 Å². The number of benzene rings is 1. The van der Waals surface area contributed by atoms with Crippen LogP contribution in [0.5, 0.6) is 11.5 Å². The quantitative estimate of drug-likeness (QED) is 0.677. The Kier molecular flexibility index (Phi) is 3.84. The monoisotopic (exact) mass is 274 g/mol. The van der Waals surface area contributed by atoms with Crippen molar-refractivity contribution in [3.8, 4) is 11.5 Å². The van der Waals surface area contributed by atoms with E-state index in [-0.39, 0.29) is 6.79 Å². The van der Waals surface area contributed by atoms with E-state index >= 15 is 0 Å². The Labute approximate surface area is 118 Å². The molecule has 1 aliphatic heterocycles. The van der Waals surface area contributed by atoms with E-state index in [0.717, 1.165) is 11.3 Å². The highest BCUT2D eigenvalue weighted by atomic mass is 16.7. The summed E-state index contributed by atoms with van der Waals surface area (Å²) < 4.78 is 10.5. The van der Waals surface area contributed by atoms with Crippen molar-refractivity contribution >= 4 is 12.0 Å². The molecule has 4 nitrogen and oxygen atoms in total. The molecule has 1 heterocycles. The van der Waals surface area contributed by atoms with E-state index in [4.69, 9.17) is 9.47 Å². The Hall–Kier alpha value is -2.23. The summed E-state index contributed by atoms with van der Waals surface area (Å²) in [6, 6.07) is 5.60. The van der Waals surface area contributed by atoms with Gasteiger partial charge in [-0.05, 0) is 23.1 Å². The summed E-state index contributed by atoms with van der Waals surface area (Å²) in [5, 5.41) is 9.19. The van der Waals surface area contributed by atoms with Gasteiger partial charge in [-0.15, -0.1) is 0 Å². The van der Waals surface area contributed by atoms with Crippen LogP contribution >= 0.6 is 0 Å². The van der Waals surface area contributed by atoms with Gasteiger partial charge in [0.25, 0.3) is 0 Å². The molecule has 0 saturated heterocycles. The smallest absolute Gasteiger partial charge is 0.332 e. The van der Waals surface area contributed by atoms with E-state index in [1.54, 1.807) is 12.2 Å². The van der Waals surface area contributed by atoms with E-state index in [2.05, 4.69) is 0 Å². The third-order valence-corrected chi connectivity index (χ3v) is 2.99. The summed E-state index contributed by atoms with van der Waals surface area (Å²) >= 11 is 0. The lowest BCUT2D eigenvalue weighted by Gasteiger charge is -2.18. The molecular weight excluding hydrogens is 256 g/mol. The number of hydrogen-bond acceptors (Lipinski definition) is 3. The molecule has 1 aromatic carbocycles. The number of fused-ring (bicyclic) bond motifs is 1. The molecule has 1 aromatic rings. The molecule has 0 saturated carbocycles. The molecule has 1 aliphatic rings. The molecule has 20 heavy (non-hydrogen) atoms. The zero-order valence-corrected chi connectivity index (χ0v) is 11.8. The van der Waals surface area contributed by atoms with Crippen molar-refractivity contribution in [2.75, 3.05) is 6.79 Å². The van der Waals surface area contributed by atoms with Gasteiger partial charge in [0.2, 0.25) is 6.79 Å². The third-order valence-electron chi connectivity index (χ3n) is 2.99. The molecule has 0 aromatic heterocycles. The van der Waals surface area contributed by atoms with E-state index < -0.39 is 11.4 Å². The molecule has 4 heteroatoms. The van der Waals surface area contributed by atoms with Gasteiger partial charge in [-0.3, -0.25) is 0 Å². The average Bonchev–Trinajstić information content (AvgIpc) is 2.79. The maximum Gasteiger partial charge on any atom is 0.332 e. The van der Waals surface area contributed by atoms with Gasteiger partial charge in [-0.2, -0.15) is 0 Å². The highest BCUT2D eigenvalue weighted by molar-refractivity contribution is 5.88. The first-order valence-electron chi connectivity index (χ1n) is 6.40. The molecule has 0 aliphatic carbocycles. The molecule has 0 spiro atoms. The van der Waals surface area contributed by atoms with Crippen LogP contribution in [0.2, 0.25) is 0 Å².